The molecule has 3 nitrogen and oxygen atoms in total. The van der Waals surface area contributed by atoms with Gasteiger partial charge in [-0.05, 0) is 42.3 Å². The molecule has 27 heavy (non-hydrogen) atoms. The fourth-order valence-corrected chi connectivity index (χ4v) is 3.37. The summed E-state index contributed by atoms with van der Waals surface area (Å²) >= 11 is 7.39. The van der Waals surface area contributed by atoms with E-state index in [1.165, 1.54) is 11.3 Å². The summed E-state index contributed by atoms with van der Waals surface area (Å²) in [6.45, 7) is 2.86. The Hall–Kier alpha value is -2.61. The van der Waals surface area contributed by atoms with Gasteiger partial charge in [0.1, 0.15) is 16.8 Å². The van der Waals surface area contributed by atoms with Gasteiger partial charge in [0.25, 0.3) is 0 Å². The first-order valence-corrected chi connectivity index (χ1v) is 10.0. The van der Waals surface area contributed by atoms with Crippen LogP contribution in [0.3, 0.4) is 0 Å². The van der Waals surface area contributed by atoms with Crippen LogP contribution in [0.15, 0.2) is 53.9 Å². The van der Waals surface area contributed by atoms with Crippen LogP contribution in [0.5, 0.6) is 5.75 Å². The predicted octanol–water partition coefficient (Wildman–Crippen LogP) is 6.71. The predicted molar refractivity (Wildman–Crippen MR) is 113 cm³/mol. The molecule has 0 spiro atoms. The van der Waals surface area contributed by atoms with Crippen molar-refractivity contribution < 1.29 is 4.74 Å². The fraction of sp³-hybridized carbons (Fsp3) is 0.182. The lowest BCUT2D eigenvalue weighted by molar-refractivity contribution is 0.309. The zero-order valence-corrected chi connectivity index (χ0v) is 16.6. The quantitative estimate of drug-likeness (QED) is 0.330. The van der Waals surface area contributed by atoms with E-state index in [1.54, 1.807) is 0 Å². The molecule has 0 N–H and O–H groups in total. The summed E-state index contributed by atoms with van der Waals surface area (Å²) in [5.41, 5.74) is 3.30. The molecule has 0 unspecified atom stereocenters. The Labute approximate surface area is 168 Å². The van der Waals surface area contributed by atoms with Gasteiger partial charge in [0.2, 0.25) is 0 Å². The number of thiazole rings is 1. The lowest BCUT2D eigenvalue weighted by atomic mass is 10.1. The van der Waals surface area contributed by atoms with Gasteiger partial charge in [-0.1, -0.05) is 49.2 Å². The van der Waals surface area contributed by atoms with Crippen LogP contribution in [0, 0.1) is 11.3 Å². The van der Waals surface area contributed by atoms with Crippen molar-refractivity contribution in [1.82, 2.24) is 4.98 Å². The summed E-state index contributed by atoms with van der Waals surface area (Å²) in [6.07, 6.45) is 4.00. The van der Waals surface area contributed by atoms with Crippen molar-refractivity contribution in [2.24, 2.45) is 0 Å². The Balaban J connectivity index is 1.77. The fourth-order valence-electron chi connectivity index (χ4n) is 2.45. The smallest absolute Gasteiger partial charge is 0.134 e. The number of nitrogens with zero attached hydrogens (tertiary/aromatic N) is 2. The second kappa shape index (κ2) is 9.36. The molecule has 0 aliphatic heterocycles. The summed E-state index contributed by atoms with van der Waals surface area (Å²) in [7, 11) is 0. The van der Waals surface area contributed by atoms with Gasteiger partial charge in [-0.15, -0.1) is 11.3 Å². The standard InChI is InChI=1S/C22H19ClN2OS/c1-2-3-12-26-20-10-4-16(5-11-20)13-18(14-24)22-25-21(15-27-22)17-6-8-19(23)9-7-17/h4-11,13,15H,2-3,12H2,1H3/b18-13-. The highest BCUT2D eigenvalue weighted by Gasteiger charge is 2.09. The second-order valence-corrected chi connectivity index (χ2v) is 7.28. The molecule has 0 fully saturated rings. The largest absolute Gasteiger partial charge is 0.494 e. The Bertz CT molecular complexity index is 953. The van der Waals surface area contributed by atoms with Gasteiger partial charge < -0.3 is 4.74 Å². The third-order valence-electron chi connectivity index (χ3n) is 3.95. The van der Waals surface area contributed by atoms with Crippen LogP contribution >= 0.6 is 22.9 Å². The van der Waals surface area contributed by atoms with Gasteiger partial charge in [-0.25, -0.2) is 4.98 Å². The van der Waals surface area contributed by atoms with Crippen LogP contribution in [0.4, 0.5) is 0 Å². The van der Waals surface area contributed by atoms with E-state index >= 15 is 0 Å². The number of rotatable bonds is 7. The van der Waals surface area contributed by atoms with Crippen molar-refractivity contribution in [2.75, 3.05) is 6.61 Å². The van der Waals surface area contributed by atoms with E-state index < -0.39 is 0 Å². The van der Waals surface area contributed by atoms with E-state index in [1.807, 2.05) is 60.0 Å². The summed E-state index contributed by atoms with van der Waals surface area (Å²) in [6, 6.07) is 17.5. The van der Waals surface area contributed by atoms with Crippen molar-refractivity contribution in [2.45, 2.75) is 19.8 Å². The van der Waals surface area contributed by atoms with E-state index in [-0.39, 0.29) is 0 Å². The highest BCUT2D eigenvalue weighted by molar-refractivity contribution is 7.11. The zero-order chi connectivity index (χ0) is 19.1. The van der Waals surface area contributed by atoms with Crippen LogP contribution in [0.1, 0.15) is 30.3 Å². The maximum Gasteiger partial charge on any atom is 0.134 e. The molecule has 5 heteroatoms. The first-order valence-electron chi connectivity index (χ1n) is 8.76. The molecule has 3 aromatic rings. The normalized spacial score (nSPS) is 11.2. The number of aromatic nitrogens is 1. The van der Waals surface area contributed by atoms with Crippen LogP contribution in [0.25, 0.3) is 22.9 Å². The molecule has 0 saturated carbocycles. The van der Waals surface area contributed by atoms with Crippen molar-refractivity contribution in [3.63, 3.8) is 0 Å². The SMILES string of the molecule is CCCCOc1ccc(/C=C(/C#N)c2nc(-c3ccc(Cl)cc3)cs2)cc1. The Morgan fingerprint density at radius 2 is 1.93 bits per heavy atom. The molecule has 0 aliphatic carbocycles. The van der Waals surface area contributed by atoms with Crippen LogP contribution in [-0.2, 0) is 0 Å². The zero-order valence-electron chi connectivity index (χ0n) is 15.0. The van der Waals surface area contributed by atoms with Crippen LogP contribution < -0.4 is 4.74 Å². The van der Waals surface area contributed by atoms with E-state index in [0.29, 0.717) is 15.6 Å². The summed E-state index contributed by atoms with van der Waals surface area (Å²) < 4.78 is 5.67. The van der Waals surface area contributed by atoms with Gasteiger partial charge in [-0.3, -0.25) is 0 Å². The molecule has 0 saturated heterocycles. The van der Waals surface area contributed by atoms with E-state index in [9.17, 15) is 5.26 Å². The third-order valence-corrected chi connectivity index (χ3v) is 5.08. The minimum Gasteiger partial charge on any atom is -0.494 e. The number of allylic oxidation sites excluding steroid dienone is 1. The number of nitriles is 1. The van der Waals surface area contributed by atoms with E-state index in [2.05, 4.69) is 18.0 Å². The number of ether oxygens (including phenoxy) is 1. The first-order chi connectivity index (χ1) is 13.2. The number of hydrogen-bond acceptors (Lipinski definition) is 4. The average molecular weight is 395 g/mol. The van der Waals surface area contributed by atoms with E-state index in [0.717, 1.165) is 42.0 Å². The summed E-state index contributed by atoms with van der Waals surface area (Å²) in [5, 5.41) is 12.9. The van der Waals surface area contributed by atoms with Crippen molar-refractivity contribution in [3.05, 3.63) is 69.5 Å². The minimum absolute atomic E-state index is 0.542. The molecule has 0 bridgehead atoms. The molecular weight excluding hydrogens is 376 g/mol. The average Bonchev–Trinajstić information content (AvgIpc) is 3.18. The Kier molecular flexibility index (Phi) is 6.64. The Morgan fingerprint density at radius 1 is 1.19 bits per heavy atom. The van der Waals surface area contributed by atoms with Gasteiger partial charge in [0, 0.05) is 16.0 Å². The van der Waals surface area contributed by atoms with Crippen molar-refractivity contribution in [1.29, 1.82) is 5.26 Å². The highest BCUT2D eigenvalue weighted by atomic mass is 35.5. The minimum atomic E-state index is 0.542. The highest BCUT2D eigenvalue weighted by Crippen LogP contribution is 2.28. The monoisotopic (exact) mass is 394 g/mol. The first kappa shape index (κ1) is 19.2. The lowest BCUT2D eigenvalue weighted by Crippen LogP contribution is -1.95. The molecule has 2 aromatic carbocycles. The molecule has 0 amide bonds. The molecular formula is C22H19ClN2OS. The molecule has 0 radical (unpaired) electrons. The molecule has 136 valence electrons. The lowest BCUT2D eigenvalue weighted by Gasteiger charge is -2.05. The van der Waals surface area contributed by atoms with Gasteiger partial charge in [-0.2, -0.15) is 5.26 Å². The van der Waals surface area contributed by atoms with Gasteiger partial charge in [0.05, 0.1) is 17.9 Å². The summed E-state index contributed by atoms with van der Waals surface area (Å²) in [4.78, 5) is 4.60. The summed E-state index contributed by atoms with van der Waals surface area (Å²) in [5.74, 6) is 0.846. The maximum absolute atomic E-state index is 9.56. The number of hydrogen-bond donors (Lipinski definition) is 0. The van der Waals surface area contributed by atoms with Gasteiger partial charge >= 0.3 is 0 Å². The number of benzene rings is 2. The molecule has 0 aliphatic rings. The van der Waals surface area contributed by atoms with Crippen molar-refractivity contribution in [3.8, 4) is 23.1 Å². The Morgan fingerprint density at radius 3 is 2.59 bits per heavy atom. The second-order valence-electron chi connectivity index (χ2n) is 5.99. The third kappa shape index (κ3) is 5.19. The topological polar surface area (TPSA) is 45.9 Å². The van der Waals surface area contributed by atoms with E-state index in [4.69, 9.17) is 16.3 Å². The molecule has 1 heterocycles. The molecule has 0 atom stereocenters. The van der Waals surface area contributed by atoms with Crippen molar-refractivity contribution >= 4 is 34.6 Å². The number of halogens is 1. The number of unbranched alkanes of at least 4 members (excludes halogenated alkanes) is 1. The van der Waals surface area contributed by atoms with Gasteiger partial charge in [0.15, 0.2) is 0 Å². The maximum atomic E-state index is 9.56. The van der Waals surface area contributed by atoms with Crippen LogP contribution in [-0.4, -0.2) is 11.6 Å². The molecule has 1 aromatic heterocycles. The van der Waals surface area contributed by atoms with Crippen LogP contribution in [0.2, 0.25) is 5.02 Å². The molecule has 3 rings (SSSR count).